The van der Waals surface area contributed by atoms with E-state index in [0.29, 0.717) is 54.3 Å². The van der Waals surface area contributed by atoms with Gasteiger partial charge in [-0.3, -0.25) is 9.59 Å². The number of nitrogens with zero attached hydrogens (tertiary/aromatic N) is 3. The van der Waals surface area contributed by atoms with Crippen molar-refractivity contribution in [3.05, 3.63) is 77.9 Å². The lowest BCUT2D eigenvalue weighted by molar-refractivity contribution is -0.130. The number of ether oxygens (including phenoxy) is 3. The van der Waals surface area contributed by atoms with Crippen LogP contribution in [0, 0.1) is 0 Å². The van der Waals surface area contributed by atoms with E-state index in [-0.39, 0.29) is 17.6 Å². The average Bonchev–Trinajstić information content (AvgIpc) is 3.68. The second-order valence-electron chi connectivity index (χ2n) is 9.88. The van der Waals surface area contributed by atoms with Crippen LogP contribution in [0.15, 0.2) is 66.7 Å². The number of phenolic OH excluding ortho intramolecular Hbond substituents is 1. The summed E-state index contributed by atoms with van der Waals surface area (Å²) in [5.41, 5.74) is 2.27. The van der Waals surface area contributed by atoms with Gasteiger partial charge in [0.1, 0.15) is 17.3 Å². The van der Waals surface area contributed by atoms with Gasteiger partial charge in [-0.05, 0) is 62.6 Å². The first-order chi connectivity index (χ1) is 20.5. The molecule has 11 nitrogen and oxygen atoms in total. The van der Waals surface area contributed by atoms with Crippen molar-refractivity contribution in [2.75, 3.05) is 26.4 Å². The fraction of sp³-hybridized carbons (Fsp3) is 0.355. The molecule has 1 aliphatic heterocycles. The Kier molecular flexibility index (Phi) is 9.18. The highest BCUT2D eigenvalue weighted by Gasteiger charge is 2.33. The topological polar surface area (TPSA) is 137 Å². The molecular formula is C31H35N5O6. The van der Waals surface area contributed by atoms with E-state index in [1.165, 1.54) is 10.7 Å². The summed E-state index contributed by atoms with van der Waals surface area (Å²) in [5.74, 6) is -0.263. The second-order valence-corrected chi connectivity index (χ2v) is 9.88. The Morgan fingerprint density at radius 3 is 2.57 bits per heavy atom. The molecule has 3 N–H and O–H groups in total. The number of aromatic hydroxyl groups is 1. The first-order valence-electron chi connectivity index (χ1n) is 14.2. The van der Waals surface area contributed by atoms with Crippen LogP contribution in [-0.4, -0.2) is 64.4 Å². The molecule has 42 heavy (non-hydrogen) atoms. The maximum absolute atomic E-state index is 14.3. The SMILES string of the molecule is CCOc1cc([C@@H](NC(=O)[C@H](c2ccccc2OCC)n2nnc3ccccc32)C(=O)NC[C@@H]2CCCO2)ccc1O. The Balaban J connectivity index is 1.54. The van der Waals surface area contributed by atoms with Gasteiger partial charge in [0.05, 0.1) is 24.8 Å². The molecule has 0 saturated carbocycles. The molecule has 2 amide bonds. The third-order valence-electron chi connectivity index (χ3n) is 7.08. The lowest BCUT2D eigenvalue weighted by Crippen LogP contribution is -2.45. The fourth-order valence-electron chi connectivity index (χ4n) is 5.08. The molecule has 0 spiro atoms. The minimum atomic E-state index is -1.12. The molecule has 4 aromatic rings. The molecule has 0 aliphatic carbocycles. The van der Waals surface area contributed by atoms with Crippen molar-refractivity contribution < 1.29 is 28.9 Å². The van der Waals surface area contributed by atoms with E-state index >= 15 is 0 Å². The van der Waals surface area contributed by atoms with Crippen LogP contribution in [0.25, 0.3) is 11.0 Å². The van der Waals surface area contributed by atoms with Crippen molar-refractivity contribution >= 4 is 22.8 Å². The Hall–Kier alpha value is -4.64. The van der Waals surface area contributed by atoms with E-state index < -0.39 is 23.9 Å². The third kappa shape index (κ3) is 6.31. The van der Waals surface area contributed by atoms with Gasteiger partial charge in [-0.2, -0.15) is 0 Å². The number of phenols is 1. The molecular weight excluding hydrogens is 538 g/mol. The van der Waals surface area contributed by atoms with Gasteiger partial charge in [0.2, 0.25) is 5.91 Å². The van der Waals surface area contributed by atoms with Crippen molar-refractivity contribution in [3.8, 4) is 17.2 Å². The van der Waals surface area contributed by atoms with Crippen LogP contribution in [-0.2, 0) is 14.3 Å². The van der Waals surface area contributed by atoms with Crippen LogP contribution >= 0.6 is 0 Å². The van der Waals surface area contributed by atoms with Gasteiger partial charge in [-0.25, -0.2) is 4.68 Å². The molecule has 5 rings (SSSR count). The predicted molar refractivity (Wildman–Crippen MR) is 155 cm³/mol. The van der Waals surface area contributed by atoms with Gasteiger partial charge < -0.3 is 30.0 Å². The molecule has 11 heteroatoms. The van der Waals surface area contributed by atoms with Gasteiger partial charge in [-0.1, -0.05) is 41.6 Å². The van der Waals surface area contributed by atoms with E-state index in [1.807, 2.05) is 43.3 Å². The molecule has 220 valence electrons. The summed E-state index contributed by atoms with van der Waals surface area (Å²) in [5, 5.41) is 24.8. The summed E-state index contributed by atoms with van der Waals surface area (Å²) >= 11 is 0. The number of fused-ring (bicyclic) bond motifs is 1. The fourth-order valence-corrected chi connectivity index (χ4v) is 5.08. The molecule has 3 aromatic carbocycles. The molecule has 2 heterocycles. The number of carbonyl (C=O) groups excluding carboxylic acids is 2. The first-order valence-corrected chi connectivity index (χ1v) is 14.2. The number of para-hydroxylation sites is 2. The van der Waals surface area contributed by atoms with Crippen molar-refractivity contribution in [1.29, 1.82) is 0 Å². The summed E-state index contributed by atoms with van der Waals surface area (Å²) in [4.78, 5) is 28.0. The van der Waals surface area contributed by atoms with Crippen molar-refractivity contribution in [1.82, 2.24) is 25.6 Å². The van der Waals surface area contributed by atoms with Gasteiger partial charge in [-0.15, -0.1) is 5.10 Å². The largest absolute Gasteiger partial charge is 0.504 e. The molecule has 0 unspecified atom stereocenters. The highest BCUT2D eigenvalue weighted by Crippen LogP contribution is 2.33. The maximum atomic E-state index is 14.3. The lowest BCUT2D eigenvalue weighted by atomic mass is 10.0. The number of amides is 2. The minimum absolute atomic E-state index is 0.0666. The van der Waals surface area contributed by atoms with Crippen molar-refractivity contribution in [2.45, 2.75) is 44.9 Å². The standard InChI is InChI=1S/C31H35N5O6/c1-3-40-26-14-8-5-11-22(26)29(36-24-13-7-6-12-23(24)34-35-36)31(39)33-28(30(38)32-19-21-10-9-17-42-21)20-15-16-25(37)27(18-20)41-4-2/h5-8,11-16,18,21,28-29,37H,3-4,9-10,17,19H2,1-2H3,(H,32,38)(H,33,39)/t21-,28+,29-/m0/s1. The van der Waals surface area contributed by atoms with Crippen LogP contribution in [0.2, 0.25) is 0 Å². The maximum Gasteiger partial charge on any atom is 0.250 e. The molecule has 0 radical (unpaired) electrons. The van der Waals surface area contributed by atoms with E-state index in [2.05, 4.69) is 20.9 Å². The van der Waals surface area contributed by atoms with Crippen LogP contribution in [0.5, 0.6) is 17.2 Å². The zero-order valence-corrected chi connectivity index (χ0v) is 23.7. The number of nitrogens with one attached hydrogen (secondary N) is 2. The zero-order valence-electron chi connectivity index (χ0n) is 23.7. The number of rotatable bonds is 12. The zero-order chi connectivity index (χ0) is 29.5. The van der Waals surface area contributed by atoms with Gasteiger partial charge in [0.25, 0.3) is 5.91 Å². The number of benzene rings is 3. The Bertz CT molecular complexity index is 1530. The number of aromatic nitrogens is 3. The highest BCUT2D eigenvalue weighted by atomic mass is 16.5. The normalized spacial score (nSPS) is 16.1. The number of hydrogen-bond donors (Lipinski definition) is 3. The second kappa shape index (κ2) is 13.3. The molecule has 1 saturated heterocycles. The minimum Gasteiger partial charge on any atom is -0.504 e. The van der Waals surface area contributed by atoms with Crippen LogP contribution < -0.4 is 20.1 Å². The van der Waals surface area contributed by atoms with E-state index in [9.17, 15) is 14.7 Å². The summed E-state index contributed by atoms with van der Waals surface area (Å²) in [6, 6.07) is 17.0. The Labute approximate surface area is 243 Å². The molecule has 3 atom stereocenters. The van der Waals surface area contributed by atoms with E-state index in [4.69, 9.17) is 14.2 Å². The summed E-state index contributed by atoms with van der Waals surface area (Å²) in [6.07, 6.45) is 1.69. The van der Waals surface area contributed by atoms with E-state index in [1.54, 1.807) is 31.2 Å². The predicted octanol–water partition coefficient (Wildman–Crippen LogP) is 3.68. The smallest absolute Gasteiger partial charge is 0.250 e. The van der Waals surface area contributed by atoms with Crippen molar-refractivity contribution in [2.24, 2.45) is 0 Å². The Morgan fingerprint density at radius 1 is 1.02 bits per heavy atom. The van der Waals surface area contributed by atoms with Gasteiger partial charge in [0, 0.05) is 18.7 Å². The van der Waals surface area contributed by atoms with Crippen molar-refractivity contribution in [3.63, 3.8) is 0 Å². The Morgan fingerprint density at radius 2 is 1.79 bits per heavy atom. The summed E-state index contributed by atoms with van der Waals surface area (Å²) < 4.78 is 18.7. The average molecular weight is 574 g/mol. The van der Waals surface area contributed by atoms with Crippen LogP contribution in [0.1, 0.15) is 49.9 Å². The lowest BCUT2D eigenvalue weighted by Gasteiger charge is -2.25. The number of hydrogen-bond acceptors (Lipinski definition) is 8. The quantitative estimate of drug-likeness (QED) is 0.234. The monoisotopic (exact) mass is 573 g/mol. The number of carbonyl (C=O) groups is 2. The van der Waals surface area contributed by atoms with Crippen LogP contribution in [0.3, 0.4) is 0 Å². The first kappa shape index (κ1) is 28.9. The molecule has 1 aromatic heterocycles. The molecule has 1 fully saturated rings. The van der Waals surface area contributed by atoms with Gasteiger partial charge >= 0.3 is 0 Å². The summed E-state index contributed by atoms with van der Waals surface area (Å²) in [7, 11) is 0. The molecule has 1 aliphatic rings. The van der Waals surface area contributed by atoms with Gasteiger partial charge in [0.15, 0.2) is 17.5 Å². The highest BCUT2D eigenvalue weighted by molar-refractivity contribution is 5.92. The van der Waals surface area contributed by atoms with E-state index in [0.717, 1.165) is 12.8 Å². The molecule has 0 bridgehead atoms. The van der Waals surface area contributed by atoms with Crippen LogP contribution in [0.4, 0.5) is 0 Å². The summed E-state index contributed by atoms with van der Waals surface area (Å²) in [6.45, 7) is 5.34. The third-order valence-corrected chi connectivity index (χ3v) is 7.08.